The van der Waals surface area contributed by atoms with Gasteiger partial charge in [0, 0.05) is 19.0 Å². The van der Waals surface area contributed by atoms with Crippen LogP contribution in [-0.4, -0.2) is 36.3 Å². The van der Waals surface area contributed by atoms with Gasteiger partial charge in [0.15, 0.2) is 0 Å². The molecule has 1 aliphatic rings. The summed E-state index contributed by atoms with van der Waals surface area (Å²) in [5, 5.41) is 0. The zero-order valence-corrected chi connectivity index (χ0v) is 18.1. The molecule has 0 aromatic heterocycles. The SMILES string of the molecule is CC(CCCCCCCCCCCCCCCC(N)=O)C(C)N1C=NCC1. The monoisotopic (exact) mass is 379 g/mol. The Kier molecular flexibility index (Phi) is 14.2. The Morgan fingerprint density at radius 3 is 1.81 bits per heavy atom. The highest BCUT2D eigenvalue weighted by Crippen LogP contribution is 2.19. The first-order chi connectivity index (χ1) is 13.1. The van der Waals surface area contributed by atoms with Crippen LogP contribution in [0.3, 0.4) is 0 Å². The van der Waals surface area contributed by atoms with Crippen LogP contribution in [-0.2, 0) is 4.79 Å². The molecule has 4 heteroatoms. The minimum atomic E-state index is -0.156. The lowest BCUT2D eigenvalue weighted by Gasteiger charge is -2.28. The topological polar surface area (TPSA) is 58.7 Å². The van der Waals surface area contributed by atoms with E-state index < -0.39 is 0 Å². The number of carbonyl (C=O) groups excluding carboxylic acids is 1. The third-order valence-electron chi connectivity index (χ3n) is 6.15. The van der Waals surface area contributed by atoms with E-state index in [9.17, 15) is 4.79 Å². The number of aliphatic imine (C=N–C) groups is 1. The molecule has 0 saturated carbocycles. The van der Waals surface area contributed by atoms with Gasteiger partial charge in [-0.15, -0.1) is 0 Å². The Bertz CT molecular complexity index is 397. The highest BCUT2D eigenvalue weighted by molar-refractivity contribution is 5.73. The van der Waals surface area contributed by atoms with Crippen molar-refractivity contribution in [3.8, 4) is 0 Å². The fourth-order valence-electron chi connectivity index (χ4n) is 3.98. The molecule has 0 saturated heterocycles. The summed E-state index contributed by atoms with van der Waals surface area (Å²) in [7, 11) is 0. The molecule has 1 rings (SSSR count). The van der Waals surface area contributed by atoms with Gasteiger partial charge in [0.25, 0.3) is 0 Å². The van der Waals surface area contributed by atoms with Crippen LogP contribution >= 0.6 is 0 Å². The molecule has 0 aliphatic carbocycles. The molecule has 2 N–H and O–H groups in total. The molecular weight excluding hydrogens is 334 g/mol. The summed E-state index contributed by atoms with van der Waals surface area (Å²) in [5.74, 6) is 0.612. The first-order valence-electron chi connectivity index (χ1n) is 11.6. The van der Waals surface area contributed by atoms with Gasteiger partial charge in [-0.2, -0.15) is 0 Å². The van der Waals surface area contributed by atoms with Gasteiger partial charge < -0.3 is 10.6 Å². The average molecular weight is 380 g/mol. The van der Waals surface area contributed by atoms with Gasteiger partial charge in [-0.25, -0.2) is 0 Å². The second-order valence-corrected chi connectivity index (χ2v) is 8.58. The van der Waals surface area contributed by atoms with Crippen molar-refractivity contribution in [2.24, 2.45) is 16.6 Å². The van der Waals surface area contributed by atoms with Gasteiger partial charge in [-0.3, -0.25) is 9.79 Å². The molecule has 27 heavy (non-hydrogen) atoms. The second kappa shape index (κ2) is 15.9. The van der Waals surface area contributed by atoms with E-state index in [0.29, 0.717) is 12.5 Å². The van der Waals surface area contributed by atoms with E-state index in [1.165, 1.54) is 77.0 Å². The molecule has 0 aromatic carbocycles. The van der Waals surface area contributed by atoms with Crippen molar-refractivity contribution in [2.75, 3.05) is 13.1 Å². The minimum absolute atomic E-state index is 0.156. The summed E-state index contributed by atoms with van der Waals surface area (Å²) in [6.07, 6.45) is 21.2. The third kappa shape index (κ3) is 12.9. The Hall–Kier alpha value is -1.06. The van der Waals surface area contributed by atoms with Gasteiger partial charge >= 0.3 is 0 Å². The van der Waals surface area contributed by atoms with Crippen LogP contribution in [0.4, 0.5) is 0 Å². The Labute approximate surface area is 168 Å². The summed E-state index contributed by atoms with van der Waals surface area (Å²) in [6.45, 7) is 6.84. The van der Waals surface area contributed by atoms with Gasteiger partial charge in [0.1, 0.15) is 0 Å². The molecule has 4 nitrogen and oxygen atoms in total. The number of unbranched alkanes of at least 4 members (excludes halogenated alkanes) is 12. The first-order valence-corrected chi connectivity index (χ1v) is 11.6. The normalized spacial score (nSPS) is 16.0. The van der Waals surface area contributed by atoms with Crippen LogP contribution < -0.4 is 5.73 Å². The molecule has 0 aromatic rings. The summed E-state index contributed by atoms with van der Waals surface area (Å²) < 4.78 is 0. The largest absolute Gasteiger partial charge is 0.370 e. The van der Waals surface area contributed by atoms with Gasteiger partial charge in [0.05, 0.1) is 12.9 Å². The molecule has 0 fully saturated rings. The highest BCUT2D eigenvalue weighted by Gasteiger charge is 2.19. The second-order valence-electron chi connectivity index (χ2n) is 8.58. The zero-order valence-electron chi connectivity index (χ0n) is 18.1. The van der Waals surface area contributed by atoms with Crippen molar-refractivity contribution in [2.45, 2.75) is 116 Å². The van der Waals surface area contributed by atoms with Gasteiger partial charge in [0.2, 0.25) is 5.91 Å². The molecule has 0 radical (unpaired) electrons. The number of nitrogens with two attached hydrogens (primary N) is 1. The summed E-state index contributed by atoms with van der Waals surface area (Å²) in [4.78, 5) is 17.4. The third-order valence-corrected chi connectivity index (χ3v) is 6.15. The highest BCUT2D eigenvalue weighted by atomic mass is 16.1. The number of nitrogens with zero attached hydrogens (tertiary/aromatic N) is 2. The van der Waals surface area contributed by atoms with Gasteiger partial charge in [-0.05, 0) is 25.7 Å². The fourth-order valence-corrected chi connectivity index (χ4v) is 3.98. The van der Waals surface area contributed by atoms with Crippen molar-refractivity contribution in [3.05, 3.63) is 0 Å². The summed E-state index contributed by atoms with van der Waals surface area (Å²) >= 11 is 0. The molecule has 0 bridgehead atoms. The molecule has 2 atom stereocenters. The van der Waals surface area contributed by atoms with Crippen LogP contribution in [0.15, 0.2) is 4.99 Å². The number of carbonyl (C=O) groups is 1. The lowest BCUT2D eigenvalue weighted by atomic mass is 9.95. The van der Waals surface area contributed by atoms with Crippen molar-refractivity contribution in [1.29, 1.82) is 0 Å². The van der Waals surface area contributed by atoms with Crippen LogP contribution in [0.2, 0.25) is 0 Å². The number of hydrogen-bond donors (Lipinski definition) is 1. The summed E-state index contributed by atoms with van der Waals surface area (Å²) in [6, 6.07) is 0.638. The minimum Gasteiger partial charge on any atom is -0.370 e. The smallest absolute Gasteiger partial charge is 0.217 e. The molecule has 1 aliphatic heterocycles. The molecule has 1 heterocycles. The van der Waals surface area contributed by atoms with Crippen LogP contribution in [0.1, 0.15) is 110 Å². The zero-order chi connectivity index (χ0) is 19.7. The quantitative estimate of drug-likeness (QED) is 0.311. The maximum atomic E-state index is 10.6. The van der Waals surface area contributed by atoms with E-state index in [0.717, 1.165) is 31.8 Å². The van der Waals surface area contributed by atoms with Gasteiger partial charge in [-0.1, -0.05) is 84.0 Å². The number of hydrogen-bond acceptors (Lipinski definition) is 3. The van der Waals surface area contributed by atoms with Crippen molar-refractivity contribution < 1.29 is 4.79 Å². The van der Waals surface area contributed by atoms with E-state index >= 15 is 0 Å². The van der Waals surface area contributed by atoms with Crippen molar-refractivity contribution in [3.63, 3.8) is 0 Å². The Balaban J connectivity index is 1.77. The predicted octanol–water partition coefficient (Wildman–Crippen LogP) is 5.69. The molecule has 0 spiro atoms. The van der Waals surface area contributed by atoms with Crippen molar-refractivity contribution in [1.82, 2.24) is 4.90 Å². The maximum absolute atomic E-state index is 10.6. The van der Waals surface area contributed by atoms with E-state index in [4.69, 9.17) is 5.73 Å². The number of rotatable bonds is 18. The number of amides is 1. The van der Waals surface area contributed by atoms with Crippen LogP contribution in [0.25, 0.3) is 0 Å². The van der Waals surface area contributed by atoms with Crippen LogP contribution in [0.5, 0.6) is 0 Å². The Morgan fingerprint density at radius 2 is 1.37 bits per heavy atom. The molecule has 158 valence electrons. The Morgan fingerprint density at radius 1 is 0.889 bits per heavy atom. The standard InChI is InChI=1S/C23H45N3O/c1-21(22(2)26-19-18-25-20-26)16-14-12-10-8-6-4-3-5-7-9-11-13-15-17-23(24)27/h20-22H,3-19H2,1-2H3,(H2,24,27). The van der Waals surface area contributed by atoms with E-state index in [2.05, 4.69) is 23.7 Å². The van der Waals surface area contributed by atoms with Crippen molar-refractivity contribution >= 4 is 12.2 Å². The molecule has 2 unspecified atom stereocenters. The number of primary amides is 1. The molecular formula is C23H45N3O. The van der Waals surface area contributed by atoms with E-state index in [1.807, 2.05) is 6.34 Å². The van der Waals surface area contributed by atoms with Crippen LogP contribution in [0, 0.1) is 5.92 Å². The average Bonchev–Trinajstić information content (AvgIpc) is 3.18. The lowest BCUT2D eigenvalue weighted by molar-refractivity contribution is -0.118. The first kappa shape index (κ1) is 24.0. The van der Waals surface area contributed by atoms with E-state index in [-0.39, 0.29) is 5.91 Å². The maximum Gasteiger partial charge on any atom is 0.217 e. The predicted molar refractivity (Wildman–Crippen MR) is 117 cm³/mol. The summed E-state index contributed by atoms with van der Waals surface area (Å²) in [5.41, 5.74) is 5.14. The van der Waals surface area contributed by atoms with E-state index in [1.54, 1.807) is 0 Å². The fraction of sp³-hybridized carbons (Fsp3) is 0.913. The lowest BCUT2D eigenvalue weighted by Crippen LogP contribution is -2.35. The molecule has 1 amide bonds.